The van der Waals surface area contributed by atoms with Gasteiger partial charge in [0.1, 0.15) is 24.4 Å². The molecule has 1 atom stereocenters. The van der Waals surface area contributed by atoms with Crippen molar-refractivity contribution in [3.05, 3.63) is 29.8 Å². The summed E-state index contributed by atoms with van der Waals surface area (Å²) in [6.07, 6.45) is 3.98. The summed E-state index contributed by atoms with van der Waals surface area (Å²) in [4.78, 5) is 0. The zero-order valence-electron chi connectivity index (χ0n) is 11.9. The Kier molecular flexibility index (Phi) is 9.82. The number of hydrogen-bond acceptors (Lipinski definition) is 2. The Morgan fingerprint density at radius 3 is 2.45 bits per heavy atom. The van der Waals surface area contributed by atoms with Crippen LogP contribution < -0.4 is 10.5 Å². The Bertz CT molecular complexity index is 384. The number of alkyl halides is 1. The van der Waals surface area contributed by atoms with Gasteiger partial charge in [0.15, 0.2) is 0 Å². The second-order valence-electron chi connectivity index (χ2n) is 4.70. The number of unbranched alkanes of at least 4 members (excludes halogenated alkanes) is 3. The van der Waals surface area contributed by atoms with Crippen LogP contribution in [0.1, 0.15) is 44.6 Å². The van der Waals surface area contributed by atoms with Crippen molar-refractivity contribution in [1.29, 1.82) is 5.41 Å². The summed E-state index contributed by atoms with van der Waals surface area (Å²) < 4.78 is 18.9. The summed E-state index contributed by atoms with van der Waals surface area (Å²) in [5.74, 6) is 0.632. The molecular weight excluding hydrogens is 279 g/mol. The van der Waals surface area contributed by atoms with Gasteiger partial charge in [-0.3, -0.25) is 5.41 Å². The van der Waals surface area contributed by atoms with E-state index in [1.807, 2.05) is 0 Å². The van der Waals surface area contributed by atoms with Crippen molar-refractivity contribution in [2.45, 2.75) is 45.2 Å². The molecule has 0 amide bonds. The van der Waals surface area contributed by atoms with Crippen molar-refractivity contribution >= 4 is 18.2 Å². The van der Waals surface area contributed by atoms with E-state index in [1.165, 1.54) is 6.42 Å². The third kappa shape index (κ3) is 7.34. The van der Waals surface area contributed by atoms with Crippen LogP contribution in [0.2, 0.25) is 0 Å². The average Bonchev–Trinajstić information content (AvgIpc) is 2.42. The molecule has 0 heterocycles. The van der Waals surface area contributed by atoms with Gasteiger partial charge in [-0.15, -0.1) is 12.4 Å². The van der Waals surface area contributed by atoms with Gasteiger partial charge in [0, 0.05) is 5.56 Å². The van der Waals surface area contributed by atoms with Gasteiger partial charge in [-0.05, 0) is 30.7 Å². The van der Waals surface area contributed by atoms with Crippen LogP contribution in [0, 0.1) is 5.41 Å². The number of benzene rings is 1. The Labute approximate surface area is 126 Å². The monoisotopic (exact) mass is 302 g/mol. The fourth-order valence-corrected chi connectivity index (χ4v) is 1.79. The number of nitrogens with one attached hydrogen (secondary N) is 1. The van der Waals surface area contributed by atoms with Gasteiger partial charge >= 0.3 is 0 Å². The fourth-order valence-electron chi connectivity index (χ4n) is 1.79. The molecule has 0 aliphatic carbocycles. The van der Waals surface area contributed by atoms with Gasteiger partial charge in [0.25, 0.3) is 0 Å². The maximum absolute atomic E-state index is 13.5. The molecule has 1 aromatic carbocycles. The van der Waals surface area contributed by atoms with E-state index in [-0.39, 0.29) is 24.8 Å². The van der Waals surface area contributed by atoms with Crippen molar-refractivity contribution in [2.75, 3.05) is 6.61 Å². The third-order valence-electron chi connectivity index (χ3n) is 2.97. The standard InChI is InChI=1S/C15H23FN2O.ClH/c1-2-3-4-5-6-13(16)11-19-14-9-7-12(8-10-14)15(17)18;/h7-10,13H,2-6,11H2,1H3,(H3,17,18);1H/t13-;/m0./s1. The molecule has 0 radical (unpaired) electrons. The van der Waals surface area contributed by atoms with Gasteiger partial charge in [-0.2, -0.15) is 0 Å². The van der Waals surface area contributed by atoms with Crippen molar-refractivity contribution < 1.29 is 9.13 Å². The molecule has 3 N–H and O–H groups in total. The Balaban J connectivity index is 0.00000361. The number of nitrogen functional groups attached to an aromatic ring is 1. The van der Waals surface area contributed by atoms with Gasteiger partial charge < -0.3 is 10.5 Å². The first-order valence-electron chi connectivity index (χ1n) is 6.84. The fraction of sp³-hybridized carbons (Fsp3) is 0.533. The highest BCUT2D eigenvalue weighted by molar-refractivity contribution is 5.94. The van der Waals surface area contributed by atoms with Gasteiger partial charge in [-0.25, -0.2) is 4.39 Å². The number of rotatable bonds is 9. The molecule has 1 rings (SSSR count). The average molecular weight is 303 g/mol. The first-order valence-corrected chi connectivity index (χ1v) is 6.84. The Morgan fingerprint density at radius 1 is 1.25 bits per heavy atom. The molecule has 20 heavy (non-hydrogen) atoms. The van der Waals surface area contributed by atoms with Crippen LogP contribution in [0.3, 0.4) is 0 Å². The summed E-state index contributed by atoms with van der Waals surface area (Å²) in [5.41, 5.74) is 5.99. The zero-order valence-corrected chi connectivity index (χ0v) is 12.7. The first kappa shape index (κ1) is 18.7. The molecule has 0 fully saturated rings. The van der Waals surface area contributed by atoms with E-state index in [0.717, 1.165) is 19.3 Å². The lowest BCUT2D eigenvalue weighted by Gasteiger charge is -2.10. The van der Waals surface area contributed by atoms with Crippen LogP contribution in [0.25, 0.3) is 0 Å². The van der Waals surface area contributed by atoms with E-state index in [4.69, 9.17) is 15.9 Å². The normalized spacial score (nSPS) is 11.5. The number of halogens is 2. The summed E-state index contributed by atoms with van der Waals surface area (Å²) in [7, 11) is 0. The minimum absolute atomic E-state index is 0. The van der Waals surface area contributed by atoms with E-state index < -0.39 is 6.17 Å². The molecule has 0 aromatic heterocycles. The summed E-state index contributed by atoms with van der Waals surface area (Å²) in [6, 6.07) is 6.82. The van der Waals surface area contributed by atoms with Gasteiger partial charge in [0.2, 0.25) is 0 Å². The molecule has 0 spiro atoms. The van der Waals surface area contributed by atoms with E-state index >= 15 is 0 Å². The summed E-state index contributed by atoms with van der Waals surface area (Å²) in [5, 5.41) is 7.26. The highest BCUT2D eigenvalue weighted by Crippen LogP contribution is 2.14. The highest BCUT2D eigenvalue weighted by atomic mass is 35.5. The van der Waals surface area contributed by atoms with E-state index in [9.17, 15) is 4.39 Å². The SMILES string of the molecule is CCCCCC[C@H](F)COc1ccc(C(=N)N)cc1.Cl. The van der Waals surface area contributed by atoms with Gasteiger partial charge in [-0.1, -0.05) is 32.6 Å². The van der Waals surface area contributed by atoms with Crippen LogP contribution in [0.4, 0.5) is 4.39 Å². The highest BCUT2D eigenvalue weighted by Gasteiger charge is 2.07. The van der Waals surface area contributed by atoms with E-state index in [1.54, 1.807) is 24.3 Å². The molecule has 0 saturated carbocycles. The maximum atomic E-state index is 13.5. The van der Waals surface area contributed by atoms with Crippen molar-refractivity contribution in [1.82, 2.24) is 0 Å². The quantitative estimate of drug-likeness (QED) is 0.410. The molecule has 3 nitrogen and oxygen atoms in total. The van der Waals surface area contributed by atoms with Crippen LogP contribution >= 0.6 is 12.4 Å². The molecule has 114 valence electrons. The third-order valence-corrected chi connectivity index (χ3v) is 2.97. The summed E-state index contributed by atoms with van der Waals surface area (Å²) >= 11 is 0. The smallest absolute Gasteiger partial charge is 0.134 e. The van der Waals surface area contributed by atoms with E-state index in [2.05, 4.69) is 6.92 Å². The second kappa shape index (κ2) is 10.5. The van der Waals surface area contributed by atoms with Crippen molar-refractivity contribution in [3.63, 3.8) is 0 Å². The molecule has 0 bridgehead atoms. The minimum Gasteiger partial charge on any atom is -0.491 e. The lowest BCUT2D eigenvalue weighted by atomic mass is 10.1. The minimum atomic E-state index is -0.913. The number of amidine groups is 1. The van der Waals surface area contributed by atoms with Crippen LogP contribution in [-0.4, -0.2) is 18.6 Å². The number of hydrogen-bond donors (Lipinski definition) is 2. The second-order valence-corrected chi connectivity index (χ2v) is 4.70. The molecule has 0 saturated heterocycles. The van der Waals surface area contributed by atoms with E-state index in [0.29, 0.717) is 17.7 Å². The predicted molar refractivity (Wildman–Crippen MR) is 83.9 cm³/mol. The number of nitrogens with two attached hydrogens (primary N) is 1. The summed E-state index contributed by atoms with van der Waals surface area (Å²) in [6.45, 7) is 2.23. The lowest BCUT2D eigenvalue weighted by Crippen LogP contribution is -2.13. The Hall–Kier alpha value is -1.29. The molecular formula is C15H24ClFN2O. The first-order chi connectivity index (χ1) is 9.13. The van der Waals surface area contributed by atoms with Crippen LogP contribution in [0.15, 0.2) is 24.3 Å². The molecule has 0 aliphatic rings. The molecule has 0 unspecified atom stereocenters. The largest absolute Gasteiger partial charge is 0.491 e. The predicted octanol–water partition coefficient (Wildman–Crippen LogP) is 4.08. The zero-order chi connectivity index (χ0) is 14.1. The lowest BCUT2D eigenvalue weighted by molar-refractivity contribution is 0.184. The molecule has 1 aromatic rings. The maximum Gasteiger partial charge on any atom is 0.134 e. The van der Waals surface area contributed by atoms with Crippen molar-refractivity contribution in [2.24, 2.45) is 5.73 Å². The van der Waals surface area contributed by atoms with Crippen LogP contribution in [-0.2, 0) is 0 Å². The Morgan fingerprint density at radius 2 is 1.90 bits per heavy atom. The molecule has 5 heteroatoms. The number of ether oxygens (including phenoxy) is 1. The topological polar surface area (TPSA) is 59.1 Å². The van der Waals surface area contributed by atoms with Gasteiger partial charge in [0.05, 0.1) is 0 Å². The van der Waals surface area contributed by atoms with Crippen LogP contribution in [0.5, 0.6) is 5.75 Å². The molecule has 0 aliphatic heterocycles. The van der Waals surface area contributed by atoms with Crippen molar-refractivity contribution in [3.8, 4) is 5.75 Å².